The molecular weight excluding hydrogens is 166 g/mol. The minimum absolute atomic E-state index is 0.0223. The van der Waals surface area contributed by atoms with Crippen LogP contribution < -0.4 is 5.73 Å². The van der Waals surface area contributed by atoms with E-state index in [-0.39, 0.29) is 18.4 Å². The largest absolute Gasteiger partial charge is 0.508 e. The van der Waals surface area contributed by atoms with Crippen molar-refractivity contribution < 1.29 is 10.2 Å². The summed E-state index contributed by atoms with van der Waals surface area (Å²) in [6, 6.07) is 5.06. The lowest BCUT2D eigenvalue weighted by atomic mass is 10.0. The fraction of sp³-hybridized carbons (Fsp3) is 0.400. The lowest BCUT2D eigenvalue weighted by Gasteiger charge is -2.10. The maximum atomic E-state index is 9.29. The average molecular weight is 181 g/mol. The van der Waals surface area contributed by atoms with Gasteiger partial charge in [0.1, 0.15) is 5.75 Å². The highest BCUT2D eigenvalue weighted by molar-refractivity contribution is 5.36. The maximum absolute atomic E-state index is 9.29. The van der Waals surface area contributed by atoms with Crippen molar-refractivity contribution in [2.24, 2.45) is 5.73 Å². The second-order valence-corrected chi connectivity index (χ2v) is 3.06. The molecule has 0 spiro atoms. The maximum Gasteiger partial charge on any atom is 0.121 e. The Bertz CT molecular complexity index is 286. The fourth-order valence-corrected chi connectivity index (χ4v) is 1.20. The lowest BCUT2D eigenvalue weighted by molar-refractivity contribution is 0.275. The quantitative estimate of drug-likeness (QED) is 0.658. The summed E-state index contributed by atoms with van der Waals surface area (Å²) in [5.74, 6) is 0.120. The van der Waals surface area contributed by atoms with E-state index in [9.17, 15) is 5.11 Å². The standard InChI is InChI=1S/C10H15NO2/c1-2-9(11)7-3-4-10(13)8(5-7)6-12/h3-5,9,12-13H,2,6,11H2,1H3. The van der Waals surface area contributed by atoms with Gasteiger partial charge < -0.3 is 15.9 Å². The van der Waals surface area contributed by atoms with Gasteiger partial charge in [-0.3, -0.25) is 0 Å². The van der Waals surface area contributed by atoms with E-state index < -0.39 is 0 Å². The molecule has 1 aromatic carbocycles. The molecule has 0 aromatic heterocycles. The zero-order valence-corrected chi connectivity index (χ0v) is 7.70. The van der Waals surface area contributed by atoms with Crippen molar-refractivity contribution in [3.05, 3.63) is 29.3 Å². The number of benzene rings is 1. The van der Waals surface area contributed by atoms with E-state index >= 15 is 0 Å². The first kappa shape index (κ1) is 10.0. The van der Waals surface area contributed by atoms with Crippen LogP contribution in [0.15, 0.2) is 18.2 Å². The van der Waals surface area contributed by atoms with E-state index in [0.717, 1.165) is 12.0 Å². The Morgan fingerprint density at radius 2 is 2.15 bits per heavy atom. The van der Waals surface area contributed by atoms with Crippen LogP contribution in [0.3, 0.4) is 0 Å². The van der Waals surface area contributed by atoms with Crippen molar-refractivity contribution in [1.82, 2.24) is 0 Å². The van der Waals surface area contributed by atoms with Crippen molar-refractivity contribution in [2.45, 2.75) is 26.0 Å². The van der Waals surface area contributed by atoms with Gasteiger partial charge in [0.25, 0.3) is 0 Å². The molecule has 4 N–H and O–H groups in total. The van der Waals surface area contributed by atoms with Gasteiger partial charge in [0, 0.05) is 11.6 Å². The first-order chi connectivity index (χ1) is 6.19. The first-order valence-corrected chi connectivity index (χ1v) is 4.37. The Morgan fingerprint density at radius 3 is 2.69 bits per heavy atom. The van der Waals surface area contributed by atoms with Crippen molar-refractivity contribution in [1.29, 1.82) is 0 Å². The van der Waals surface area contributed by atoms with E-state index in [1.54, 1.807) is 18.2 Å². The molecule has 0 radical (unpaired) electrons. The SMILES string of the molecule is CCC(N)c1ccc(O)c(CO)c1. The van der Waals surface area contributed by atoms with Crippen molar-refractivity contribution in [3.8, 4) is 5.75 Å². The minimum Gasteiger partial charge on any atom is -0.508 e. The van der Waals surface area contributed by atoms with Gasteiger partial charge >= 0.3 is 0 Å². The fourth-order valence-electron chi connectivity index (χ4n) is 1.20. The third kappa shape index (κ3) is 2.20. The van der Waals surface area contributed by atoms with Crippen LogP contribution in [0.4, 0.5) is 0 Å². The second kappa shape index (κ2) is 4.25. The van der Waals surface area contributed by atoms with Gasteiger partial charge in [0.2, 0.25) is 0 Å². The van der Waals surface area contributed by atoms with Gasteiger partial charge in [-0.05, 0) is 24.1 Å². The van der Waals surface area contributed by atoms with Crippen LogP contribution in [0.1, 0.15) is 30.5 Å². The minimum atomic E-state index is -0.157. The van der Waals surface area contributed by atoms with Gasteiger partial charge in [-0.2, -0.15) is 0 Å². The van der Waals surface area contributed by atoms with Crippen LogP contribution in [0.5, 0.6) is 5.75 Å². The molecule has 0 heterocycles. The van der Waals surface area contributed by atoms with Crippen LogP contribution >= 0.6 is 0 Å². The molecule has 3 heteroatoms. The third-order valence-corrected chi connectivity index (χ3v) is 2.14. The number of rotatable bonds is 3. The number of phenols is 1. The summed E-state index contributed by atoms with van der Waals surface area (Å²) in [4.78, 5) is 0. The predicted octanol–water partition coefficient (Wildman–Crippen LogP) is 1.29. The number of aliphatic hydroxyl groups excluding tert-OH is 1. The van der Waals surface area contributed by atoms with Crippen molar-refractivity contribution in [3.63, 3.8) is 0 Å². The molecule has 3 nitrogen and oxygen atoms in total. The molecule has 0 saturated heterocycles. The van der Waals surface area contributed by atoms with Crippen LogP contribution in [0.25, 0.3) is 0 Å². The molecule has 1 unspecified atom stereocenters. The van der Waals surface area contributed by atoms with Gasteiger partial charge in [-0.25, -0.2) is 0 Å². The topological polar surface area (TPSA) is 66.5 Å². The van der Waals surface area contributed by atoms with Crippen LogP contribution in [-0.2, 0) is 6.61 Å². The van der Waals surface area contributed by atoms with E-state index in [0.29, 0.717) is 5.56 Å². The smallest absolute Gasteiger partial charge is 0.121 e. The van der Waals surface area contributed by atoms with Crippen LogP contribution in [0.2, 0.25) is 0 Å². The van der Waals surface area contributed by atoms with Gasteiger partial charge in [-0.15, -0.1) is 0 Å². The third-order valence-electron chi connectivity index (χ3n) is 2.14. The summed E-state index contributed by atoms with van der Waals surface area (Å²) in [6.45, 7) is 1.84. The van der Waals surface area contributed by atoms with E-state index in [1.165, 1.54) is 0 Å². The normalized spacial score (nSPS) is 12.8. The first-order valence-electron chi connectivity index (χ1n) is 4.37. The Hall–Kier alpha value is -1.06. The summed E-state index contributed by atoms with van der Waals surface area (Å²) >= 11 is 0. The Balaban J connectivity index is 2.99. The Labute approximate surface area is 77.8 Å². The van der Waals surface area contributed by atoms with E-state index in [2.05, 4.69) is 0 Å². The second-order valence-electron chi connectivity index (χ2n) is 3.06. The van der Waals surface area contributed by atoms with Gasteiger partial charge in [0.05, 0.1) is 6.61 Å². The average Bonchev–Trinajstić information content (AvgIpc) is 2.17. The number of aliphatic hydroxyl groups is 1. The summed E-state index contributed by atoms with van der Waals surface area (Å²) in [7, 11) is 0. The highest BCUT2D eigenvalue weighted by Gasteiger charge is 2.06. The predicted molar refractivity (Wildman–Crippen MR) is 51.2 cm³/mol. The molecule has 1 atom stereocenters. The Morgan fingerprint density at radius 1 is 1.46 bits per heavy atom. The summed E-state index contributed by atoms with van der Waals surface area (Å²) in [5.41, 5.74) is 7.28. The molecule has 13 heavy (non-hydrogen) atoms. The number of hydrogen-bond donors (Lipinski definition) is 3. The molecule has 0 saturated carbocycles. The molecule has 0 amide bonds. The lowest BCUT2D eigenvalue weighted by Crippen LogP contribution is -2.08. The van der Waals surface area contributed by atoms with Gasteiger partial charge in [-0.1, -0.05) is 13.0 Å². The monoisotopic (exact) mass is 181 g/mol. The molecule has 72 valence electrons. The Kier molecular flexibility index (Phi) is 3.28. The van der Waals surface area contributed by atoms with Gasteiger partial charge in [0.15, 0.2) is 0 Å². The number of aromatic hydroxyl groups is 1. The number of nitrogens with two attached hydrogens (primary N) is 1. The van der Waals surface area contributed by atoms with Crippen molar-refractivity contribution in [2.75, 3.05) is 0 Å². The summed E-state index contributed by atoms with van der Waals surface area (Å²) in [5, 5.41) is 18.2. The molecule has 1 rings (SSSR count). The highest BCUT2D eigenvalue weighted by Crippen LogP contribution is 2.22. The van der Waals surface area contributed by atoms with Crippen LogP contribution in [-0.4, -0.2) is 10.2 Å². The highest BCUT2D eigenvalue weighted by atomic mass is 16.3. The van der Waals surface area contributed by atoms with E-state index in [1.807, 2.05) is 6.92 Å². The zero-order chi connectivity index (χ0) is 9.84. The zero-order valence-electron chi connectivity index (χ0n) is 7.70. The molecular formula is C10H15NO2. The van der Waals surface area contributed by atoms with Crippen molar-refractivity contribution >= 4 is 0 Å². The molecule has 0 aliphatic heterocycles. The number of hydrogen-bond acceptors (Lipinski definition) is 3. The molecule has 0 fully saturated rings. The molecule has 0 bridgehead atoms. The summed E-state index contributed by atoms with van der Waals surface area (Å²) in [6.07, 6.45) is 0.843. The molecule has 0 aliphatic rings. The molecule has 0 aliphatic carbocycles. The summed E-state index contributed by atoms with van der Waals surface area (Å²) < 4.78 is 0. The van der Waals surface area contributed by atoms with Crippen LogP contribution in [0, 0.1) is 0 Å². The van der Waals surface area contributed by atoms with E-state index in [4.69, 9.17) is 10.8 Å². The molecule has 1 aromatic rings.